The van der Waals surface area contributed by atoms with E-state index in [1.54, 1.807) is 18.2 Å². The zero-order valence-corrected chi connectivity index (χ0v) is 15.1. The number of hydrogen-bond donors (Lipinski definition) is 0. The average Bonchev–Trinajstić information content (AvgIpc) is 2.72. The topological polar surface area (TPSA) is 75.9 Å². The summed E-state index contributed by atoms with van der Waals surface area (Å²) in [5.41, 5.74) is 0.723. The molecule has 1 aliphatic rings. The molecule has 0 aromatic heterocycles. The van der Waals surface area contributed by atoms with Crippen molar-refractivity contribution < 1.29 is 14.5 Å². The van der Waals surface area contributed by atoms with Crippen LogP contribution in [0.25, 0.3) is 0 Å². The van der Waals surface area contributed by atoms with E-state index < -0.39 is 0 Å². The SMILES string of the molecule is O=C(CCCOc1ccccc1)N1CCN(c2ccccc2[N+](=O)[O-])CC1. The summed E-state index contributed by atoms with van der Waals surface area (Å²) in [5, 5.41) is 11.2. The lowest BCUT2D eigenvalue weighted by Crippen LogP contribution is -2.49. The van der Waals surface area contributed by atoms with E-state index >= 15 is 0 Å². The van der Waals surface area contributed by atoms with Crippen molar-refractivity contribution in [3.8, 4) is 5.75 Å². The summed E-state index contributed by atoms with van der Waals surface area (Å²) in [5.74, 6) is 0.914. The van der Waals surface area contributed by atoms with Crippen LogP contribution in [0.15, 0.2) is 54.6 Å². The molecule has 0 unspecified atom stereocenters. The molecule has 0 N–H and O–H groups in total. The van der Waals surface area contributed by atoms with Crippen LogP contribution in [0.5, 0.6) is 5.75 Å². The van der Waals surface area contributed by atoms with Crippen LogP contribution in [0.2, 0.25) is 0 Å². The molecule has 1 fully saturated rings. The maximum Gasteiger partial charge on any atom is 0.292 e. The average molecular weight is 369 g/mol. The first-order valence-corrected chi connectivity index (χ1v) is 9.09. The van der Waals surface area contributed by atoms with Crippen molar-refractivity contribution in [3.05, 3.63) is 64.7 Å². The van der Waals surface area contributed by atoms with E-state index in [1.165, 1.54) is 6.07 Å². The Labute approximate surface area is 158 Å². The van der Waals surface area contributed by atoms with Crippen LogP contribution < -0.4 is 9.64 Å². The maximum absolute atomic E-state index is 12.4. The Balaban J connectivity index is 1.43. The Morgan fingerprint density at radius 1 is 1.00 bits per heavy atom. The number of carbonyl (C=O) groups excluding carboxylic acids is 1. The van der Waals surface area contributed by atoms with Gasteiger partial charge in [-0.3, -0.25) is 14.9 Å². The smallest absolute Gasteiger partial charge is 0.292 e. The van der Waals surface area contributed by atoms with Crippen molar-refractivity contribution >= 4 is 17.3 Å². The predicted octanol–water partition coefficient (Wildman–Crippen LogP) is 3.10. The van der Waals surface area contributed by atoms with E-state index in [1.807, 2.05) is 40.1 Å². The molecule has 0 radical (unpaired) electrons. The van der Waals surface area contributed by atoms with Crippen LogP contribution in [0.4, 0.5) is 11.4 Å². The highest BCUT2D eigenvalue weighted by molar-refractivity contribution is 5.76. The Bertz CT molecular complexity index is 774. The van der Waals surface area contributed by atoms with Crippen LogP contribution in [0.3, 0.4) is 0 Å². The quantitative estimate of drug-likeness (QED) is 0.426. The number of piperazine rings is 1. The van der Waals surface area contributed by atoms with E-state index in [2.05, 4.69) is 0 Å². The number of hydrogen-bond acceptors (Lipinski definition) is 5. The van der Waals surface area contributed by atoms with Gasteiger partial charge in [-0.05, 0) is 24.6 Å². The fourth-order valence-corrected chi connectivity index (χ4v) is 3.17. The number of carbonyl (C=O) groups is 1. The normalized spacial score (nSPS) is 14.1. The Kier molecular flexibility index (Phi) is 6.25. The predicted molar refractivity (Wildman–Crippen MR) is 103 cm³/mol. The molecule has 3 rings (SSSR count). The highest BCUT2D eigenvalue weighted by atomic mass is 16.6. The molecule has 0 saturated carbocycles. The largest absolute Gasteiger partial charge is 0.494 e. The van der Waals surface area contributed by atoms with Gasteiger partial charge < -0.3 is 14.5 Å². The fraction of sp³-hybridized carbons (Fsp3) is 0.350. The summed E-state index contributed by atoms with van der Waals surface area (Å²) in [6.07, 6.45) is 1.11. The van der Waals surface area contributed by atoms with Gasteiger partial charge in [-0.15, -0.1) is 0 Å². The van der Waals surface area contributed by atoms with Gasteiger partial charge >= 0.3 is 0 Å². The van der Waals surface area contributed by atoms with E-state index in [0.29, 0.717) is 51.3 Å². The highest BCUT2D eigenvalue weighted by Gasteiger charge is 2.25. The number of nitro groups is 1. The second-order valence-corrected chi connectivity index (χ2v) is 6.38. The molecule has 7 nitrogen and oxygen atoms in total. The van der Waals surface area contributed by atoms with Gasteiger partial charge in [0.25, 0.3) is 5.69 Å². The summed E-state index contributed by atoms with van der Waals surface area (Å²) >= 11 is 0. The van der Waals surface area contributed by atoms with Crippen molar-refractivity contribution in [2.45, 2.75) is 12.8 Å². The van der Waals surface area contributed by atoms with E-state index in [4.69, 9.17) is 4.74 Å². The summed E-state index contributed by atoms with van der Waals surface area (Å²) in [4.78, 5) is 27.0. The number of para-hydroxylation sites is 3. The molecular formula is C20H23N3O4. The standard InChI is InChI=1S/C20H23N3O4/c24-20(11-6-16-27-17-7-2-1-3-8-17)22-14-12-21(13-15-22)18-9-4-5-10-19(18)23(25)26/h1-5,7-10H,6,11-16H2. The van der Waals surface area contributed by atoms with Crippen molar-refractivity contribution in [2.24, 2.45) is 0 Å². The Morgan fingerprint density at radius 3 is 2.37 bits per heavy atom. The maximum atomic E-state index is 12.4. The third-order valence-corrected chi connectivity index (χ3v) is 4.60. The molecule has 0 spiro atoms. The molecule has 1 heterocycles. The number of rotatable bonds is 7. The first kappa shape index (κ1) is 18.7. The molecule has 1 amide bonds. The van der Waals surface area contributed by atoms with Crippen molar-refractivity contribution in [1.29, 1.82) is 0 Å². The van der Waals surface area contributed by atoms with Crippen LogP contribution in [-0.4, -0.2) is 48.5 Å². The molecule has 142 valence electrons. The second-order valence-electron chi connectivity index (χ2n) is 6.38. The zero-order valence-electron chi connectivity index (χ0n) is 15.1. The van der Waals surface area contributed by atoms with Gasteiger partial charge in [0.2, 0.25) is 5.91 Å². The number of nitro benzene ring substituents is 1. The highest BCUT2D eigenvalue weighted by Crippen LogP contribution is 2.28. The van der Waals surface area contributed by atoms with Crippen LogP contribution in [0.1, 0.15) is 12.8 Å². The van der Waals surface area contributed by atoms with Gasteiger partial charge in [0.15, 0.2) is 0 Å². The first-order chi connectivity index (χ1) is 13.1. The van der Waals surface area contributed by atoms with Crippen LogP contribution >= 0.6 is 0 Å². The number of benzene rings is 2. The van der Waals surface area contributed by atoms with Gasteiger partial charge in [0.05, 0.1) is 11.5 Å². The zero-order chi connectivity index (χ0) is 19.1. The molecule has 7 heteroatoms. The van der Waals surface area contributed by atoms with E-state index in [9.17, 15) is 14.9 Å². The molecular weight excluding hydrogens is 346 g/mol. The molecule has 0 aliphatic carbocycles. The summed E-state index contributed by atoms with van der Waals surface area (Å²) in [6.45, 7) is 2.84. The molecule has 27 heavy (non-hydrogen) atoms. The third-order valence-electron chi connectivity index (χ3n) is 4.60. The summed E-state index contributed by atoms with van der Waals surface area (Å²) in [6, 6.07) is 16.3. The summed E-state index contributed by atoms with van der Waals surface area (Å²) in [7, 11) is 0. The second kappa shape index (κ2) is 9.02. The molecule has 1 aliphatic heterocycles. The van der Waals surface area contributed by atoms with Gasteiger partial charge in [-0.25, -0.2) is 0 Å². The number of ether oxygens (including phenoxy) is 1. The molecule has 1 saturated heterocycles. The molecule has 2 aromatic rings. The fourth-order valence-electron chi connectivity index (χ4n) is 3.17. The lowest BCUT2D eigenvalue weighted by molar-refractivity contribution is -0.384. The minimum Gasteiger partial charge on any atom is -0.494 e. The van der Waals surface area contributed by atoms with Gasteiger partial charge in [-0.1, -0.05) is 30.3 Å². The Hall–Kier alpha value is -3.09. The monoisotopic (exact) mass is 369 g/mol. The summed E-state index contributed by atoms with van der Waals surface area (Å²) < 4.78 is 5.61. The minimum atomic E-state index is -0.362. The van der Waals surface area contributed by atoms with Crippen LogP contribution in [-0.2, 0) is 4.79 Å². The first-order valence-electron chi connectivity index (χ1n) is 9.09. The third kappa shape index (κ3) is 4.97. The van der Waals surface area contributed by atoms with E-state index in [0.717, 1.165) is 5.75 Å². The number of amides is 1. The van der Waals surface area contributed by atoms with Crippen molar-refractivity contribution in [2.75, 3.05) is 37.7 Å². The number of nitrogens with zero attached hydrogens (tertiary/aromatic N) is 3. The van der Waals surface area contributed by atoms with Gasteiger partial charge in [0, 0.05) is 38.7 Å². The van der Waals surface area contributed by atoms with E-state index in [-0.39, 0.29) is 16.5 Å². The van der Waals surface area contributed by atoms with Crippen LogP contribution in [0, 0.1) is 10.1 Å². The molecule has 0 atom stereocenters. The number of anilines is 1. The lowest BCUT2D eigenvalue weighted by atomic mass is 10.2. The van der Waals surface area contributed by atoms with Crippen molar-refractivity contribution in [3.63, 3.8) is 0 Å². The Morgan fingerprint density at radius 2 is 1.67 bits per heavy atom. The lowest BCUT2D eigenvalue weighted by Gasteiger charge is -2.35. The van der Waals surface area contributed by atoms with Gasteiger partial charge in [-0.2, -0.15) is 0 Å². The molecule has 2 aromatic carbocycles. The van der Waals surface area contributed by atoms with Gasteiger partial charge in [0.1, 0.15) is 11.4 Å². The van der Waals surface area contributed by atoms with Crippen molar-refractivity contribution in [1.82, 2.24) is 4.90 Å². The minimum absolute atomic E-state index is 0.105. The molecule has 0 bridgehead atoms.